The molecule has 2 aromatic carbocycles. The smallest absolute Gasteiger partial charge is 0.410 e. The zero-order valence-corrected chi connectivity index (χ0v) is 19.3. The molecule has 0 saturated heterocycles. The van der Waals surface area contributed by atoms with E-state index in [4.69, 9.17) is 9.47 Å². The second kappa shape index (κ2) is 8.35. The predicted molar refractivity (Wildman–Crippen MR) is 119 cm³/mol. The largest absolute Gasteiger partial charge is 0.479 e. The van der Waals surface area contributed by atoms with Gasteiger partial charge in [0.2, 0.25) is 0 Å². The Labute approximate surface area is 183 Å². The van der Waals surface area contributed by atoms with Gasteiger partial charge in [0.05, 0.1) is 12.7 Å². The highest BCUT2D eigenvalue weighted by Crippen LogP contribution is 2.43. The number of aryl methyl sites for hydroxylation is 1. The van der Waals surface area contributed by atoms with E-state index in [0.29, 0.717) is 18.7 Å². The summed E-state index contributed by atoms with van der Waals surface area (Å²) in [7, 11) is 1.37. The molecule has 0 aliphatic carbocycles. The monoisotopic (exact) mass is 425 g/mol. The molecule has 1 aliphatic heterocycles. The van der Waals surface area contributed by atoms with E-state index < -0.39 is 23.8 Å². The Balaban J connectivity index is 2.30. The van der Waals surface area contributed by atoms with Gasteiger partial charge in [-0.3, -0.25) is 4.90 Å². The summed E-state index contributed by atoms with van der Waals surface area (Å²) in [5.74, 6) is -1.03. The fourth-order valence-corrected chi connectivity index (χ4v) is 4.29. The van der Waals surface area contributed by atoms with Crippen LogP contribution < -0.4 is 0 Å². The average Bonchev–Trinajstić information content (AvgIpc) is 3.14. The third kappa shape index (κ3) is 4.44. The number of ether oxygens (including phenoxy) is 2. The minimum absolute atomic E-state index is 0.387. The third-order valence-electron chi connectivity index (χ3n) is 5.75. The number of hydrogen-bond acceptors (Lipinski definition) is 4. The lowest BCUT2D eigenvalue weighted by Gasteiger charge is -2.29. The summed E-state index contributed by atoms with van der Waals surface area (Å²) in [6.45, 7) is 12.3. The van der Waals surface area contributed by atoms with Crippen LogP contribution in [-0.2, 0) is 27.4 Å². The number of rotatable bonds is 4. The van der Waals surface area contributed by atoms with Crippen LogP contribution >= 0.6 is 0 Å². The summed E-state index contributed by atoms with van der Waals surface area (Å²) in [5.41, 5.74) is 6.75. The van der Waals surface area contributed by atoms with Crippen molar-refractivity contribution >= 4 is 12.1 Å². The summed E-state index contributed by atoms with van der Waals surface area (Å²) in [5, 5.41) is 10.1. The van der Waals surface area contributed by atoms with Crippen LogP contribution in [0.3, 0.4) is 0 Å². The van der Waals surface area contributed by atoms with Gasteiger partial charge in [-0.05, 0) is 74.9 Å². The van der Waals surface area contributed by atoms with Gasteiger partial charge in [-0.1, -0.05) is 29.8 Å². The molecule has 0 spiro atoms. The summed E-state index contributed by atoms with van der Waals surface area (Å²) in [4.78, 5) is 26.2. The number of amides is 1. The maximum Gasteiger partial charge on any atom is 0.410 e. The number of aliphatic carboxylic acids is 1. The fourth-order valence-electron chi connectivity index (χ4n) is 4.29. The first-order valence-corrected chi connectivity index (χ1v) is 10.4. The Bertz CT molecular complexity index is 1020. The van der Waals surface area contributed by atoms with Crippen molar-refractivity contribution in [1.29, 1.82) is 0 Å². The third-order valence-corrected chi connectivity index (χ3v) is 5.75. The molecule has 6 nitrogen and oxygen atoms in total. The van der Waals surface area contributed by atoms with Crippen molar-refractivity contribution in [3.8, 4) is 11.1 Å². The van der Waals surface area contributed by atoms with Gasteiger partial charge in [0.15, 0.2) is 6.10 Å². The van der Waals surface area contributed by atoms with Crippen molar-refractivity contribution < 1.29 is 24.2 Å². The Morgan fingerprint density at radius 1 is 1.00 bits per heavy atom. The van der Waals surface area contributed by atoms with Crippen molar-refractivity contribution in [3.63, 3.8) is 0 Å². The maximum atomic E-state index is 12.4. The average molecular weight is 426 g/mol. The second-order valence-electron chi connectivity index (χ2n) is 9.14. The molecule has 1 atom stereocenters. The van der Waals surface area contributed by atoms with Crippen molar-refractivity contribution in [2.24, 2.45) is 0 Å². The zero-order chi connectivity index (χ0) is 23.1. The number of fused-ring (bicyclic) bond motifs is 1. The van der Waals surface area contributed by atoms with E-state index in [-0.39, 0.29) is 0 Å². The summed E-state index contributed by atoms with van der Waals surface area (Å²) < 4.78 is 11.0. The van der Waals surface area contributed by atoms with Crippen LogP contribution in [0.15, 0.2) is 24.3 Å². The summed E-state index contributed by atoms with van der Waals surface area (Å²) in [6.07, 6.45) is -1.53. The minimum Gasteiger partial charge on any atom is -0.479 e. The topological polar surface area (TPSA) is 76.1 Å². The van der Waals surface area contributed by atoms with Gasteiger partial charge in [-0.25, -0.2) is 9.59 Å². The predicted octanol–water partition coefficient (Wildman–Crippen LogP) is 5.30. The van der Waals surface area contributed by atoms with Crippen molar-refractivity contribution in [3.05, 3.63) is 57.6 Å². The van der Waals surface area contributed by atoms with Crippen molar-refractivity contribution in [2.75, 3.05) is 7.11 Å². The van der Waals surface area contributed by atoms with E-state index in [1.807, 2.05) is 65.8 Å². The number of carboxylic acid groups (broad SMARTS) is 1. The lowest BCUT2D eigenvalue weighted by atomic mass is 9.83. The number of nitrogens with zero attached hydrogens (tertiary/aromatic N) is 1. The molecule has 0 bridgehead atoms. The van der Waals surface area contributed by atoms with Gasteiger partial charge in [0.25, 0.3) is 0 Å². The fraction of sp³-hybridized carbons (Fsp3) is 0.440. The molecular formula is C25H31NO5. The molecule has 6 heteroatoms. The molecule has 1 N–H and O–H groups in total. The molecule has 0 fully saturated rings. The van der Waals surface area contributed by atoms with Gasteiger partial charge < -0.3 is 14.6 Å². The number of benzene rings is 2. The molecule has 0 saturated carbocycles. The zero-order valence-electron chi connectivity index (χ0n) is 19.3. The molecule has 0 radical (unpaired) electrons. The molecule has 3 rings (SSSR count). The molecule has 0 aromatic heterocycles. The first-order chi connectivity index (χ1) is 14.4. The van der Waals surface area contributed by atoms with Gasteiger partial charge >= 0.3 is 12.1 Å². The Morgan fingerprint density at radius 2 is 1.55 bits per heavy atom. The van der Waals surface area contributed by atoms with E-state index in [1.165, 1.54) is 7.11 Å². The number of carboxylic acids is 1. The lowest BCUT2D eigenvalue weighted by molar-refractivity contribution is -0.160. The lowest BCUT2D eigenvalue weighted by Crippen LogP contribution is -2.28. The number of carbonyl (C=O) groups excluding carboxylic acids is 1. The Morgan fingerprint density at radius 3 is 2.03 bits per heavy atom. The van der Waals surface area contributed by atoms with Gasteiger partial charge in [-0.2, -0.15) is 0 Å². The molecule has 166 valence electrons. The van der Waals surface area contributed by atoms with E-state index in [2.05, 4.69) is 0 Å². The number of methoxy groups -OCH3 is 1. The minimum atomic E-state index is -1.13. The molecule has 1 aliphatic rings. The van der Waals surface area contributed by atoms with Crippen LogP contribution in [0.5, 0.6) is 0 Å². The second-order valence-corrected chi connectivity index (χ2v) is 9.14. The van der Waals surface area contributed by atoms with Crippen LogP contribution in [0, 0.1) is 20.8 Å². The molecule has 1 amide bonds. The van der Waals surface area contributed by atoms with Crippen LogP contribution in [-0.4, -0.2) is 34.8 Å². The Hall–Kier alpha value is -2.86. The first-order valence-electron chi connectivity index (χ1n) is 10.4. The molecule has 1 unspecified atom stereocenters. The maximum absolute atomic E-state index is 12.4. The number of hydrogen-bond donors (Lipinski definition) is 1. The van der Waals surface area contributed by atoms with E-state index in [9.17, 15) is 14.7 Å². The normalized spacial score (nSPS) is 14.4. The Kier molecular flexibility index (Phi) is 6.14. The van der Waals surface area contributed by atoms with Gasteiger partial charge in [0.1, 0.15) is 0 Å². The van der Waals surface area contributed by atoms with E-state index in [1.54, 1.807) is 4.90 Å². The summed E-state index contributed by atoms with van der Waals surface area (Å²) in [6, 6.07) is 8.05. The van der Waals surface area contributed by atoms with Crippen molar-refractivity contribution in [1.82, 2.24) is 4.90 Å². The van der Waals surface area contributed by atoms with Gasteiger partial charge in [-0.15, -0.1) is 0 Å². The molecule has 2 aromatic rings. The van der Waals surface area contributed by atoms with Crippen LogP contribution in [0.25, 0.3) is 11.1 Å². The molecule has 31 heavy (non-hydrogen) atoms. The van der Waals surface area contributed by atoms with E-state index >= 15 is 0 Å². The first kappa shape index (κ1) is 22.8. The van der Waals surface area contributed by atoms with E-state index in [0.717, 1.165) is 38.9 Å². The molecular weight excluding hydrogens is 394 g/mol. The SMILES string of the molecule is COC(=O)N1Cc2c(C)c(-c3ccc(C)cc3)c(C(OC(C)(C)C)C(=O)O)c(C)c2C1. The molecule has 1 heterocycles. The highest BCUT2D eigenvalue weighted by Gasteiger charge is 2.36. The van der Waals surface area contributed by atoms with Gasteiger partial charge in [0, 0.05) is 18.7 Å². The standard InChI is InChI=1S/C25H31NO5/c1-14-8-10-17(11-9-14)20-15(2)18-12-26(24(29)30-7)13-19(18)16(3)21(20)22(23(27)28)31-25(4,5)6/h8-11,22H,12-13H2,1-7H3,(H,27,28). The number of carbonyl (C=O) groups is 2. The van der Waals surface area contributed by atoms with Crippen LogP contribution in [0.4, 0.5) is 4.79 Å². The van der Waals surface area contributed by atoms with Crippen LogP contribution in [0.2, 0.25) is 0 Å². The highest BCUT2D eigenvalue weighted by molar-refractivity contribution is 5.84. The van der Waals surface area contributed by atoms with Crippen LogP contribution in [0.1, 0.15) is 60.3 Å². The highest BCUT2D eigenvalue weighted by atomic mass is 16.5. The van der Waals surface area contributed by atoms with Crippen molar-refractivity contribution in [2.45, 2.75) is 66.3 Å². The quantitative estimate of drug-likeness (QED) is 0.719. The summed E-state index contributed by atoms with van der Waals surface area (Å²) >= 11 is 0.